The van der Waals surface area contributed by atoms with Crippen molar-refractivity contribution in [1.82, 2.24) is 10.2 Å². The number of hydrogen-bond acceptors (Lipinski definition) is 3. The fourth-order valence-corrected chi connectivity index (χ4v) is 2.23. The van der Waals surface area contributed by atoms with Gasteiger partial charge in [0.2, 0.25) is 0 Å². The lowest BCUT2D eigenvalue weighted by molar-refractivity contribution is -0.00100. The van der Waals surface area contributed by atoms with E-state index in [2.05, 4.69) is 24.1 Å². The Bertz CT molecular complexity index is 542. The first kappa shape index (κ1) is 21.9. The molecule has 1 aromatic heterocycles. The molecule has 1 N–H and O–H groups in total. The predicted octanol–water partition coefficient (Wildman–Crippen LogP) is -2.47. The molecule has 23 heavy (non-hydrogen) atoms. The van der Waals surface area contributed by atoms with Crippen molar-refractivity contribution in [3.8, 4) is 11.3 Å². The molecule has 0 aliphatic heterocycles. The van der Waals surface area contributed by atoms with E-state index in [0.29, 0.717) is 6.54 Å². The Hall–Kier alpha value is -1.07. The largest absolute Gasteiger partial charge is 1.00 e. The lowest BCUT2D eigenvalue weighted by atomic mass is 10.2. The van der Waals surface area contributed by atoms with Crippen LogP contribution in [-0.2, 0) is 6.54 Å². The number of nitrogens with one attached hydrogen (secondary N) is 1. The molecule has 0 fully saturated rings. The number of halogens is 3. The van der Waals surface area contributed by atoms with Gasteiger partial charge in [0, 0.05) is 18.7 Å². The molecule has 0 aliphatic rings. The second-order valence-corrected chi connectivity index (χ2v) is 4.98. The Labute approximate surface area is 150 Å². The number of nitrogens with zero attached hydrogens (tertiary/aromatic N) is 1. The highest BCUT2D eigenvalue weighted by Gasteiger charge is 2.05. The van der Waals surface area contributed by atoms with Crippen molar-refractivity contribution in [1.29, 1.82) is 0 Å². The third-order valence-corrected chi connectivity index (χ3v) is 3.59. The summed E-state index contributed by atoms with van der Waals surface area (Å²) in [4.78, 5) is 2.37. The van der Waals surface area contributed by atoms with Gasteiger partial charge in [-0.15, -0.1) is 0 Å². The molecular formula is C17H23Cl2FN2O-2. The second-order valence-electron chi connectivity index (χ2n) is 4.98. The quantitative estimate of drug-likeness (QED) is 0.529. The van der Waals surface area contributed by atoms with Crippen LogP contribution in [0.2, 0.25) is 0 Å². The van der Waals surface area contributed by atoms with Crippen LogP contribution in [0, 0.1) is 5.82 Å². The Morgan fingerprint density at radius 3 is 2.26 bits per heavy atom. The summed E-state index contributed by atoms with van der Waals surface area (Å²) >= 11 is 0. The standard InChI is InChI=1S/C17H23FN2O.2ClH/c1-3-20(4-2)12-11-19-13-16-9-10-17(21-16)14-5-7-15(18)8-6-14;;/h5-10,19H,3-4,11-13H2,1-2H3;2*1H/p-2. The van der Waals surface area contributed by atoms with E-state index in [0.717, 1.165) is 43.3 Å². The van der Waals surface area contributed by atoms with E-state index >= 15 is 0 Å². The molecule has 3 nitrogen and oxygen atoms in total. The number of rotatable bonds is 8. The molecule has 1 heterocycles. The van der Waals surface area contributed by atoms with Gasteiger partial charge < -0.3 is 39.4 Å². The molecule has 0 atom stereocenters. The Kier molecular flexibility index (Phi) is 10.9. The highest BCUT2D eigenvalue weighted by atomic mass is 35.5. The Balaban J connectivity index is 0.00000242. The first-order valence-electron chi connectivity index (χ1n) is 7.50. The van der Waals surface area contributed by atoms with Crippen molar-refractivity contribution < 1.29 is 33.6 Å². The van der Waals surface area contributed by atoms with Gasteiger partial charge in [-0.05, 0) is 49.5 Å². The summed E-state index contributed by atoms with van der Waals surface area (Å²) in [5.41, 5.74) is 0.894. The zero-order valence-electron chi connectivity index (χ0n) is 13.5. The lowest BCUT2D eigenvalue weighted by Gasteiger charge is -2.17. The van der Waals surface area contributed by atoms with Crippen molar-refractivity contribution in [3.63, 3.8) is 0 Å². The van der Waals surface area contributed by atoms with Crippen LogP contribution in [-0.4, -0.2) is 31.1 Å². The molecule has 0 aliphatic carbocycles. The van der Waals surface area contributed by atoms with Crippen LogP contribution in [0.1, 0.15) is 19.6 Å². The van der Waals surface area contributed by atoms with Gasteiger partial charge in [-0.3, -0.25) is 0 Å². The molecule has 6 heteroatoms. The average molecular weight is 361 g/mol. The summed E-state index contributed by atoms with van der Waals surface area (Å²) in [7, 11) is 0. The summed E-state index contributed by atoms with van der Waals surface area (Å²) in [6, 6.07) is 10.2. The van der Waals surface area contributed by atoms with Crippen molar-refractivity contribution in [2.75, 3.05) is 26.2 Å². The number of furan rings is 1. The summed E-state index contributed by atoms with van der Waals surface area (Å²) in [6.07, 6.45) is 0. The van der Waals surface area contributed by atoms with Crippen molar-refractivity contribution >= 4 is 0 Å². The van der Waals surface area contributed by atoms with Gasteiger partial charge in [-0.25, -0.2) is 4.39 Å². The second kappa shape index (κ2) is 11.5. The van der Waals surface area contributed by atoms with Crippen LogP contribution < -0.4 is 30.1 Å². The van der Waals surface area contributed by atoms with Gasteiger partial charge in [0.25, 0.3) is 0 Å². The average Bonchev–Trinajstić information content (AvgIpc) is 2.97. The molecule has 0 spiro atoms. The first-order valence-corrected chi connectivity index (χ1v) is 7.50. The topological polar surface area (TPSA) is 28.4 Å². The van der Waals surface area contributed by atoms with E-state index in [1.54, 1.807) is 12.1 Å². The third kappa shape index (κ3) is 6.92. The van der Waals surface area contributed by atoms with E-state index in [4.69, 9.17) is 4.42 Å². The maximum absolute atomic E-state index is 12.9. The lowest BCUT2D eigenvalue weighted by Crippen LogP contribution is -3.00. The molecule has 2 rings (SSSR count). The molecule has 0 unspecified atom stereocenters. The molecular weight excluding hydrogens is 338 g/mol. The summed E-state index contributed by atoms with van der Waals surface area (Å²) in [6.45, 7) is 9.19. The Morgan fingerprint density at radius 2 is 1.65 bits per heavy atom. The number of likely N-dealkylation sites (N-methyl/N-ethyl adjacent to an activating group) is 1. The number of benzene rings is 1. The fraction of sp³-hybridized carbons (Fsp3) is 0.412. The van der Waals surface area contributed by atoms with Gasteiger partial charge >= 0.3 is 0 Å². The minimum absolute atomic E-state index is 0. The van der Waals surface area contributed by atoms with E-state index in [-0.39, 0.29) is 30.6 Å². The summed E-state index contributed by atoms with van der Waals surface area (Å²) in [5.74, 6) is 1.44. The molecule has 0 radical (unpaired) electrons. The zero-order chi connectivity index (χ0) is 15.1. The first-order chi connectivity index (χ1) is 10.2. The predicted molar refractivity (Wildman–Crippen MR) is 83.6 cm³/mol. The van der Waals surface area contributed by atoms with Crippen molar-refractivity contribution in [2.24, 2.45) is 0 Å². The molecule has 0 amide bonds. The Morgan fingerprint density at radius 1 is 1.00 bits per heavy atom. The van der Waals surface area contributed by atoms with Gasteiger partial charge in [0.05, 0.1) is 6.54 Å². The van der Waals surface area contributed by atoms with Crippen LogP contribution in [0.5, 0.6) is 0 Å². The van der Waals surface area contributed by atoms with Gasteiger partial charge in [-0.2, -0.15) is 0 Å². The maximum Gasteiger partial charge on any atom is 0.134 e. The smallest absolute Gasteiger partial charge is 0.134 e. The monoisotopic (exact) mass is 360 g/mol. The molecule has 0 saturated carbocycles. The molecule has 2 aromatic rings. The summed E-state index contributed by atoms with van der Waals surface area (Å²) in [5, 5.41) is 3.38. The van der Waals surface area contributed by atoms with Crippen LogP contribution in [0.25, 0.3) is 11.3 Å². The normalized spacial score (nSPS) is 10.3. The number of hydrogen-bond donors (Lipinski definition) is 1. The maximum atomic E-state index is 12.9. The minimum Gasteiger partial charge on any atom is -1.00 e. The van der Waals surface area contributed by atoms with Crippen LogP contribution >= 0.6 is 0 Å². The highest BCUT2D eigenvalue weighted by Crippen LogP contribution is 2.22. The van der Waals surface area contributed by atoms with E-state index < -0.39 is 0 Å². The van der Waals surface area contributed by atoms with Crippen LogP contribution in [0.15, 0.2) is 40.8 Å². The van der Waals surface area contributed by atoms with Crippen LogP contribution in [0.4, 0.5) is 4.39 Å². The molecule has 130 valence electrons. The van der Waals surface area contributed by atoms with Crippen molar-refractivity contribution in [3.05, 3.63) is 48.0 Å². The van der Waals surface area contributed by atoms with Gasteiger partial charge in [-0.1, -0.05) is 13.8 Å². The van der Waals surface area contributed by atoms with E-state index in [9.17, 15) is 4.39 Å². The van der Waals surface area contributed by atoms with Crippen molar-refractivity contribution in [2.45, 2.75) is 20.4 Å². The van der Waals surface area contributed by atoms with Gasteiger partial charge in [0.15, 0.2) is 0 Å². The van der Waals surface area contributed by atoms with E-state index in [1.165, 1.54) is 12.1 Å². The highest BCUT2D eigenvalue weighted by molar-refractivity contribution is 5.57. The SMILES string of the molecule is CCN(CC)CCNCc1ccc(-c2ccc(F)cc2)o1.[Cl-].[Cl-]. The van der Waals surface area contributed by atoms with Gasteiger partial charge in [0.1, 0.15) is 17.3 Å². The van der Waals surface area contributed by atoms with Crippen LogP contribution in [0.3, 0.4) is 0 Å². The van der Waals surface area contributed by atoms with E-state index in [1.807, 2.05) is 12.1 Å². The molecule has 0 bridgehead atoms. The summed E-state index contributed by atoms with van der Waals surface area (Å²) < 4.78 is 18.7. The molecule has 0 saturated heterocycles. The zero-order valence-corrected chi connectivity index (χ0v) is 15.0. The fourth-order valence-electron chi connectivity index (χ4n) is 2.23. The third-order valence-electron chi connectivity index (χ3n) is 3.59. The minimum atomic E-state index is -0.233. The molecule has 1 aromatic carbocycles.